The zero-order chi connectivity index (χ0) is 17.6. The lowest BCUT2D eigenvalue weighted by Crippen LogP contribution is -2.28. The number of benzene rings is 1. The highest BCUT2D eigenvalue weighted by atomic mass is 32.1. The Labute approximate surface area is 151 Å². The molecule has 1 aliphatic rings. The lowest BCUT2D eigenvalue weighted by Gasteiger charge is -2.25. The first-order valence-corrected chi connectivity index (χ1v) is 9.28. The van der Waals surface area contributed by atoms with E-state index in [0.29, 0.717) is 16.1 Å². The van der Waals surface area contributed by atoms with Crippen molar-refractivity contribution < 1.29 is 14.3 Å². The van der Waals surface area contributed by atoms with Gasteiger partial charge in [0.1, 0.15) is 0 Å². The number of rotatable bonds is 5. The molecule has 0 spiro atoms. The van der Waals surface area contributed by atoms with Crippen molar-refractivity contribution in [1.29, 1.82) is 0 Å². The molecular formula is C19H22N2O3S. The van der Waals surface area contributed by atoms with Crippen LogP contribution in [-0.2, 0) is 11.3 Å². The number of esters is 1. The van der Waals surface area contributed by atoms with Gasteiger partial charge < -0.3 is 10.1 Å². The Morgan fingerprint density at radius 1 is 1.08 bits per heavy atom. The van der Waals surface area contributed by atoms with Crippen LogP contribution in [0.25, 0.3) is 0 Å². The normalized spacial score (nSPS) is 14.9. The molecule has 0 radical (unpaired) electrons. The highest BCUT2D eigenvalue weighted by Gasteiger charge is 2.14. The second kappa shape index (κ2) is 8.27. The molecule has 5 nitrogen and oxygen atoms in total. The number of ether oxygens (including phenoxy) is 1. The Balaban J connectivity index is 1.58. The molecule has 1 aromatic carbocycles. The maximum atomic E-state index is 12.4. The molecule has 0 saturated carbocycles. The minimum atomic E-state index is -0.390. The molecule has 0 bridgehead atoms. The Kier molecular flexibility index (Phi) is 5.83. The number of carbonyl (C=O) groups is 2. The molecule has 1 aliphatic heterocycles. The third-order valence-corrected chi connectivity index (χ3v) is 5.35. The summed E-state index contributed by atoms with van der Waals surface area (Å²) < 4.78 is 4.66. The van der Waals surface area contributed by atoms with Crippen LogP contribution in [-0.4, -0.2) is 37.0 Å². The van der Waals surface area contributed by atoms with Gasteiger partial charge in [0.25, 0.3) is 5.91 Å². The zero-order valence-corrected chi connectivity index (χ0v) is 15.1. The Bertz CT molecular complexity index is 733. The number of hydrogen-bond donors (Lipinski definition) is 1. The highest BCUT2D eigenvalue weighted by Crippen LogP contribution is 2.22. The molecule has 3 rings (SSSR count). The Hall–Kier alpha value is -2.18. The van der Waals surface area contributed by atoms with Gasteiger partial charge in [0.2, 0.25) is 0 Å². The maximum absolute atomic E-state index is 12.4. The summed E-state index contributed by atoms with van der Waals surface area (Å²) in [5.41, 5.74) is 1.11. The molecule has 0 aliphatic carbocycles. The smallest absolute Gasteiger partial charge is 0.337 e. The number of nitrogens with zero attached hydrogens (tertiary/aromatic N) is 1. The summed E-state index contributed by atoms with van der Waals surface area (Å²) in [5.74, 6) is -0.515. The SMILES string of the molecule is COC(=O)c1ccc(NC(=O)c2ccc(CN3CCCCC3)s2)cc1. The first-order valence-electron chi connectivity index (χ1n) is 8.46. The third-order valence-electron chi connectivity index (χ3n) is 4.28. The zero-order valence-electron chi connectivity index (χ0n) is 14.3. The lowest BCUT2D eigenvalue weighted by molar-refractivity contribution is 0.0600. The van der Waals surface area contributed by atoms with Gasteiger partial charge in [-0.15, -0.1) is 11.3 Å². The summed E-state index contributed by atoms with van der Waals surface area (Å²) in [6.07, 6.45) is 3.85. The van der Waals surface area contributed by atoms with Gasteiger partial charge in [-0.1, -0.05) is 6.42 Å². The van der Waals surface area contributed by atoms with E-state index < -0.39 is 5.97 Å². The van der Waals surface area contributed by atoms with Crippen molar-refractivity contribution in [1.82, 2.24) is 4.90 Å². The number of likely N-dealkylation sites (tertiary alicyclic amines) is 1. The van der Waals surface area contributed by atoms with Gasteiger partial charge in [-0.3, -0.25) is 9.69 Å². The van der Waals surface area contributed by atoms with E-state index >= 15 is 0 Å². The standard InChI is InChI=1S/C19H22N2O3S/c1-24-19(23)14-5-7-15(8-6-14)20-18(22)17-10-9-16(25-17)13-21-11-3-2-4-12-21/h5-10H,2-4,11-13H2,1H3,(H,20,22). The summed E-state index contributed by atoms with van der Waals surface area (Å²) in [6.45, 7) is 3.21. The third kappa shape index (κ3) is 4.67. The molecule has 6 heteroatoms. The van der Waals surface area contributed by atoms with Crippen molar-refractivity contribution >= 4 is 28.9 Å². The van der Waals surface area contributed by atoms with Crippen molar-refractivity contribution in [2.75, 3.05) is 25.5 Å². The summed E-state index contributed by atoms with van der Waals surface area (Å²) in [6, 6.07) is 10.6. The minimum absolute atomic E-state index is 0.124. The number of thiophene rings is 1. The van der Waals surface area contributed by atoms with Gasteiger partial charge in [-0.05, 0) is 62.3 Å². The lowest BCUT2D eigenvalue weighted by atomic mass is 10.1. The summed E-state index contributed by atoms with van der Waals surface area (Å²) in [7, 11) is 1.34. The topological polar surface area (TPSA) is 58.6 Å². The number of nitrogens with one attached hydrogen (secondary N) is 1. The first kappa shape index (κ1) is 17.6. The number of amides is 1. The van der Waals surface area contributed by atoms with Crippen molar-refractivity contribution in [2.45, 2.75) is 25.8 Å². The van der Waals surface area contributed by atoms with E-state index in [1.54, 1.807) is 24.3 Å². The average molecular weight is 358 g/mol. The van der Waals surface area contributed by atoms with Gasteiger partial charge >= 0.3 is 5.97 Å². The fraction of sp³-hybridized carbons (Fsp3) is 0.368. The van der Waals surface area contributed by atoms with Crippen LogP contribution in [0.2, 0.25) is 0 Å². The summed E-state index contributed by atoms with van der Waals surface area (Å²) in [5, 5.41) is 2.87. The van der Waals surface area contributed by atoms with Crippen molar-refractivity contribution in [3.63, 3.8) is 0 Å². The Morgan fingerprint density at radius 2 is 1.80 bits per heavy atom. The van der Waals surface area contributed by atoms with Gasteiger partial charge in [0.05, 0.1) is 17.6 Å². The predicted octanol–water partition coefficient (Wildman–Crippen LogP) is 3.77. The second-order valence-corrected chi connectivity index (χ2v) is 7.29. The quantitative estimate of drug-likeness (QED) is 0.827. The van der Waals surface area contributed by atoms with Crippen LogP contribution in [0.3, 0.4) is 0 Å². The van der Waals surface area contributed by atoms with Gasteiger partial charge in [0, 0.05) is 17.1 Å². The van der Waals surface area contributed by atoms with Crippen LogP contribution in [0, 0.1) is 0 Å². The Morgan fingerprint density at radius 3 is 2.48 bits per heavy atom. The van der Waals surface area contributed by atoms with Crippen LogP contribution >= 0.6 is 11.3 Å². The molecule has 1 amide bonds. The van der Waals surface area contributed by atoms with E-state index in [0.717, 1.165) is 19.6 Å². The first-order chi connectivity index (χ1) is 12.2. The van der Waals surface area contributed by atoms with Crippen molar-refractivity contribution in [2.24, 2.45) is 0 Å². The fourth-order valence-corrected chi connectivity index (χ4v) is 3.87. The van der Waals surface area contributed by atoms with E-state index in [4.69, 9.17) is 0 Å². The van der Waals surface area contributed by atoms with Crippen LogP contribution in [0.15, 0.2) is 36.4 Å². The molecule has 25 heavy (non-hydrogen) atoms. The highest BCUT2D eigenvalue weighted by molar-refractivity contribution is 7.14. The van der Waals surface area contributed by atoms with Crippen LogP contribution < -0.4 is 5.32 Å². The van der Waals surface area contributed by atoms with Gasteiger partial charge in [0.15, 0.2) is 0 Å². The average Bonchev–Trinajstić information content (AvgIpc) is 3.11. The number of hydrogen-bond acceptors (Lipinski definition) is 5. The van der Waals surface area contributed by atoms with E-state index in [9.17, 15) is 9.59 Å². The molecule has 132 valence electrons. The molecule has 1 saturated heterocycles. The monoisotopic (exact) mass is 358 g/mol. The molecule has 2 aromatic rings. The maximum Gasteiger partial charge on any atom is 0.337 e. The molecular weight excluding hydrogens is 336 g/mol. The van der Waals surface area contributed by atoms with Crippen molar-refractivity contribution in [3.8, 4) is 0 Å². The van der Waals surface area contributed by atoms with Gasteiger partial charge in [-0.2, -0.15) is 0 Å². The van der Waals surface area contributed by atoms with E-state index in [1.165, 1.54) is 42.6 Å². The number of methoxy groups -OCH3 is 1. The molecule has 0 unspecified atom stereocenters. The summed E-state index contributed by atoms with van der Waals surface area (Å²) in [4.78, 5) is 28.2. The van der Waals surface area contributed by atoms with E-state index in [-0.39, 0.29) is 5.91 Å². The van der Waals surface area contributed by atoms with Gasteiger partial charge in [-0.25, -0.2) is 4.79 Å². The molecule has 1 aromatic heterocycles. The predicted molar refractivity (Wildman–Crippen MR) is 99.2 cm³/mol. The largest absolute Gasteiger partial charge is 0.465 e. The molecule has 0 atom stereocenters. The molecule has 2 heterocycles. The van der Waals surface area contributed by atoms with Crippen LogP contribution in [0.1, 0.15) is 44.2 Å². The van der Waals surface area contributed by atoms with Crippen molar-refractivity contribution in [3.05, 3.63) is 51.7 Å². The van der Waals surface area contributed by atoms with Crippen LogP contribution in [0.5, 0.6) is 0 Å². The number of piperidine rings is 1. The second-order valence-electron chi connectivity index (χ2n) is 6.13. The van der Waals surface area contributed by atoms with E-state index in [2.05, 4.69) is 15.0 Å². The molecule has 1 fully saturated rings. The number of carbonyl (C=O) groups excluding carboxylic acids is 2. The van der Waals surface area contributed by atoms with E-state index in [1.807, 2.05) is 12.1 Å². The number of anilines is 1. The fourth-order valence-electron chi connectivity index (χ4n) is 2.92. The van der Waals surface area contributed by atoms with Crippen LogP contribution in [0.4, 0.5) is 5.69 Å². The molecule has 1 N–H and O–H groups in total. The summed E-state index contributed by atoms with van der Waals surface area (Å²) >= 11 is 1.54. The minimum Gasteiger partial charge on any atom is -0.465 e.